The summed E-state index contributed by atoms with van der Waals surface area (Å²) in [6, 6.07) is 7.28. The molecule has 7 nitrogen and oxygen atoms in total. The number of benzene rings is 1. The molecule has 3 rings (SSSR count). The molecule has 0 unspecified atom stereocenters. The van der Waals surface area contributed by atoms with Crippen molar-refractivity contribution in [3.63, 3.8) is 0 Å². The van der Waals surface area contributed by atoms with Crippen molar-refractivity contribution in [2.24, 2.45) is 0 Å². The van der Waals surface area contributed by atoms with Gasteiger partial charge in [-0.2, -0.15) is 13.2 Å². The Balaban J connectivity index is 1.96. The van der Waals surface area contributed by atoms with E-state index in [0.717, 1.165) is 12.1 Å². The van der Waals surface area contributed by atoms with Gasteiger partial charge in [-0.25, -0.2) is 9.97 Å². The van der Waals surface area contributed by atoms with Crippen LogP contribution in [0.4, 0.5) is 30.5 Å². The Labute approximate surface area is 144 Å². The van der Waals surface area contributed by atoms with E-state index in [1.54, 1.807) is 30.6 Å². The summed E-state index contributed by atoms with van der Waals surface area (Å²) >= 11 is 0. The van der Waals surface area contributed by atoms with Crippen molar-refractivity contribution in [1.82, 2.24) is 15.0 Å². The second kappa shape index (κ2) is 6.75. The zero-order valence-corrected chi connectivity index (χ0v) is 12.9. The normalized spacial score (nSPS) is 11.2. The van der Waals surface area contributed by atoms with Crippen molar-refractivity contribution >= 4 is 17.3 Å². The summed E-state index contributed by atoms with van der Waals surface area (Å²) in [5, 5.41) is 13.5. The lowest BCUT2D eigenvalue weighted by molar-refractivity contribution is -0.385. The average molecular weight is 361 g/mol. The van der Waals surface area contributed by atoms with Crippen LogP contribution in [0.15, 0.2) is 55.0 Å². The number of nitro benzene ring substituents is 1. The molecule has 0 saturated carbocycles. The largest absolute Gasteiger partial charge is 0.416 e. The fraction of sp³-hybridized carbons (Fsp3) is 0.0625. The van der Waals surface area contributed by atoms with Crippen LogP contribution in [0.1, 0.15) is 5.56 Å². The number of hydrogen-bond donors (Lipinski definition) is 1. The molecule has 0 spiro atoms. The molecule has 0 aliphatic rings. The Hall–Kier alpha value is -3.56. The highest BCUT2D eigenvalue weighted by Gasteiger charge is 2.32. The van der Waals surface area contributed by atoms with Crippen LogP contribution in [-0.2, 0) is 6.18 Å². The van der Waals surface area contributed by atoms with Crippen LogP contribution in [0.3, 0.4) is 0 Å². The quantitative estimate of drug-likeness (QED) is 0.553. The van der Waals surface area contributed by atoms with Gasteiger partial charge >= 0.3 is 6.18 Å². The summed E-state index contributed by atoms with van der Waals surface area (Å²) < 4.78 is 38.8. The third kappa shape index (κ3) is 3.91. The summed E-state index contributed by atoms with van der Waals surface area (Å²) in [7, 11) is 0. The number of alkyl halides is 3. The zero-order chi connectivity index (χ0) is 18.7. The molecule has 0 aliphatic heterocycles. The van der Waals surface area contributed by atoms with Crippen molar-refractivity contribution < 1.29 is 18.1 Å². The molecule has 1 aromatic carbocycles. The molecule has 0 radical (unpaired) electrons. The summed E-state index contributed by atoms with van der Waals surface area (Å²) in [6.45, 7) is 0. The van der Waals surface area contributed by atoms with E-state index in [2.05, 4.69) is 20.3 Å². The van der Waals surface area contributed by atoms with Crippen molar-refractivity contribution in [2.45, 2.75) is 6.18 Å². The van der Waals surface area contributed by atoms with E-state index in [1.807, 2.05) is 0 Å². The molecule has 0 amide bonds. The highest BCUT2D eigenvalue weighted by atomic mass is 19.4. The van der Waals surface area contributed by atoms with Crippen LogP contribution < -0.4 is 5.32 Å². The number of aromatic nitrogens is 3. The van der Waals surface area contributed by atoms with E-state index >= 15 is 0 Å². The van der Waals surface area contributed by atoms with Gasteiger partial charge in [0.2, 0.25) is 5.95 Å². The van der Waals surface area contributed by atoms with Crippen molar-refractivity contribution in [3.05, 3.63) is 70.7 Å². The van der Waals surface area contributed by atoms with Crippen molar-refractivity contribution in [1.29, 1.82) is 0 Å². The molecule has 2 aromatic heterocycles. The number of nitro groups is 1. The number of nitrogens with zero attached hydrogens (tertiary/aromatic N) is 4. The van der Waals surface area contributed by atoms with Crippen molar-refractivity contribution in [2.75, 3.05) is 5.32 Å². The number of nitrogens with one attached hydrogen (secondary N) is 1. The Bertz CT molecular complexity index is 948. The number of pyridine rings is 1. The first kappa shape index (κ1) is 17.3. The van der Waals surface area contributed by atoms with Gasteiger partial charge in [0.05, 0.1) is 16.2 Å². The Kier molecular flexibility index (Phi) is 4.48. The SMILES string of the molecule is O=[N+]([O-])c1cc(Nc2nccc(-c3cccnc3)n2)cc(C(F)(F)F)c1. The van der Waals surface area contributed by atoms with Gasteiger partial charge in [-0.1, -0.05) is 0 Å². The molecule has 10 heteroatoms. The van der Waals surface area contributed by atoms with Gasteiger partial charge in [-0.15, -0.1) is 0 Å². The van der Waals surface area contributed by atoms with Crippen LogP contribution in [0.5, 0.6) is 0 Å². The monoisotopic (exact) mass is 361 g/mol. The molecule has 132 valence electrons. The van der Waals surface area contributed by atoms with Gasteiger partial charge in [0.1, 0.15) is 0 Å². The minimum atomic E-state index is -4.72. The van der Waals surface area contributed by atoms with Gasteiger partial charge in [0.15, 0.2) is 0 Å². The average Bonchev–Trinajstić information content (AvgIpc) is 2.61. The molecule has 0 bridgehead atoms. The molecule has 3 aromatic rings. The summed E-state index contributed by atoms with van der Waals surface area (Å²) in [4.78, 5) is 22.1. The van der Waals surface area contributed by atoms with Crippen LogP contribution in [-0.4, -0.2) is 19.9 Å². The fourth-order valence-electron chi connectivity index (χ4n) is 2.18. The standard InChI is InChI=1S/C16H10F3N5O2/c17-16(18,19)11-6-12(8-13(7-11)24(25)26)22-15-21-5-3-14(23-15)10-2-1-4-20-9-10/h1-9H,(H,21,22,23). The minimum absolute atomic E-state index is 0.0000227. The predicted molar refractivity (Wildman–Crippen MR) is 86.6 cm³/mol. The molecule has 1 N–H and O–H groups in total. The fourth-order valence-corrected chi connectivity index (χ4v) is 2.18. The van der Waals surface area contributed by atoms with Gasteiger partial charge in [0.25, 0.3) is 5.69 Å². The van der Waals surface area contributed by atoms with E-state index < -0.39 is 22.4 Å². The highest BCUT2D eigenvalue weighted by molar-refractivity contribution is 5.63. The van der Waals surface area contributed by atoms with Gasteiger partial charge < -0.3 is 5.32 Å². The maximum atomic E-state index is 12.9. The Morgan fingerprint density at radius 2 is 1.92 bits per heavy atom. The minimum Gasteiger partial charge on any atom is -0.324 e. The first-order valence-electron chi connectivity index (χ1n) is 7.20. The van der Waals surface area contributed by atoms with Gasteiger partial charge in [-0.3, -0.25) is 15.1 Å². The van der Waals surface area contributed by atoms with E-state index in [1.165, 1.54) is 6.20 Å². The molecule has 0 aliphatic carbocycles. The van der Waals surface area contributed by atoms with E-state index in [4.69, 9.17) is 0 Å². The topological polar surface area (TPSA) is 93.8 Å². The summed E-state index contributed by atoms with van der Waals surface area (Å²) in [5.41, 5.74) is -0.789. The van der Waals surface area contributed by atoms with Crippen LogP contribution in [0.2, 0.25) is 0 Å². The van der Waals surface area contributed by atoms with Crippen molar-refractivity contribution in [3.8, 4) is 11.3 Å². The third-order valence-corrected chi connectivity index (χ3v) is 3.32. The number of rotatable bonds is 4. The Morgan fingerprint density at radius 3 is 2.58 bits per heavy atom. The Morgan fingerprint density at radius 1 is 1.12 bits per heavy atom. The van der Waals surface area contributed by atoms with Gasteiger partial charge in [-0.05, 0) is 24.3 Å². The van der Waals surface area contributed by atoms with E-state index in [-0.39, 0.29) is 11.6 Å². The lowest BCUT2D eigenvalue weighted by Crippen LogP contribution is -2.07. The molecule has 0 saturated heterocycles. The summed E-state index contributed by atoms with van der Waals surface area (Å²) in [6.07, 6.45) is -0.145. The molecule has 2 heterocycles. The molecule has 0 fully saturated rings. The van der Waals surface area contributed by atoms with E-state index in [0.29, 0.717) is 17.3 Å². The van der Waals surface area contributed by atoms with Gasteiger partial charge in [0, 0.05) is 42.0 Å². The van der Waals surface area contributed by atoms with Crippen LogP contribution in [0, 0.1) is 10.1 Å². The second-order valence-corrected chi connectivity index (χ2v) is 5.16. The highest BCUT2D eigenvalue weighted by Crippen LogP contribution is 2.34. The zero-order valence-electron chi connectivity index (χ0n) is 12.9. The maximum Gasteiger partial charge on any atom is 0.416 e. The van der Waals surface area contributed by atoms with Crippen LogP contribution >= 0.6 is 0 Å². The first-order chi connectivity index (χ1) is 12.3. The van der Waals surface area contributed by atoms with E-state index in [9.17, 15) is 23.3 Å². The lowest BCUT2D eigenvalue weighted by atomic mass is 10.1. The number of non-ortho nitro benzene ring substituents is 1. The summed E-state index contributed by atoms with van der Waals surface area (Å²) in [5.74, 6) is -0.0000227. The molecule has 0 atom stereocenters. The predicted octanol–water partition coefficient (Wildman–Crippen LogP) is 4.21. The molecular formula is C16H10F3N5O2. The maximum absolute atomic E-state index is 12.9. The lowest BCUT2D eigenvalue weighted by Gasteiger charge is -2.10. The smallest absolute Gasteiger partial charge is 0.324 e. The number of anilines is 2. The number of hydrogen-bond acceptors (Lipinski definition) is 6. The third-order valence-electron chi connectivity index (χ3n) is 3.32. The second-order valence-electron chi connectivity index (χ2n) is 5.16. The first-order valence-corrected chi connectivity index (χ1v) is 7.20. The number of halogens is 3. The molecular weight excluding hydrogens is 351 g/mol. The molecule has 26 heavy (non-hydrogen) atoms. The van der Waals surface area contributed by atoms with Crippen LogP contribution in [0.25, 0.3) is 11.3 Å².